The van der Waals surface area contributed by atoms with Gasteiger partial charge in [0.1, 0.15) is 0 Å². The van der Waals surface area contributed by atoms with E-state index in [2.05, 4.69) is 11.5 Å². The highest BCUT2D eigenvalue weighted by atomic mass is 28.2. The van der Waals surface area contributed by atoms with Crippen LogP contribution >= 0.6 is 0 Å². The highest BCUT2D eigenvalue weighted by Crippen LogP contribution is 1.25. The van der Waals surface area contributed by atoms with Crippen molar-refractivity contribution >= 4 is 16.6 Å². The lowest BCUT2D eigenvalue weighted by Crippen LogP contribution is -2.18. The Morgan fingerprint density at radius 1 is 1.50 bits per heavy atom. The van der Waals surface area contributed by atoms with Gasteiger partial charge in [-0.25, -0.2) is 4.79 Å². The molecule has 0 aliphatic heterocycles. The molecule has 0 fully saturated rings. The lowest BCUT2D eigenvalue weighted by atomic mass is 11.2. The van der Waals surface area contributed by atoms with Crippen LogP contribution in [-0.2, 0) is 0 Å². The summed E-state index contributed by atoms with van der Waals surface area (Å²) in [7, 11) is -0.194. The van der Waals surface area contributed by atoms with Gasteiger partial charge in [-0.1, -0.05) is 0 Å². The third-order valence-electron chi connectivity index (χ3n) is 0. The van der Waals surface area contributed by atoms with Gasteiger partial charge in [-0.05, 0) is 0 Å². The standard InChI is InChI=1S/CH4N2O.FH3Si/c2-1(3)4;1-2/h(H4,2,3,4);2H3. The lowest BCUT2D eigenvalue weighted by Gasteiger charge is -1.62. The van der Waals surface area contributed by atoms with Crippen molar-refractivity contribution in [2.45, 2.75) is 0 Å². The van der Waals surface area contributed by atoms with Crippen molar-refractivity contribution in [3.63, 3.8) is 0 Å². The third kappa shape index (κ3) is 58.7. The summed E-state index contributed by atoms with van der Waals surface area (Å²) in [5.74, 6) is 0. The molecule has 0 bridgehead atoms. The number of carbonyl (C=O) groups excluding carboxylic acids is 1. The number of primary amides is 2. The summed E-state index contributed by atoms with van der Waals surface area (Å²) in [4.78, 5) is 9.00. The number of hydrogen-bond donors (Lipinski definition) is 2. The topological polar surface area (TPSA) is 69.1 Å². The summed E-state index contributed by atoms with van der Waals surface area (Å²) >= 11 is 0. The average Bonchev–Trinajstić information content (AvgIpc) is 1.41. The Morgan fingerprint density at radius 3 is 1.50 bits per heavy atom. The summed E-state index contributed by atoms with van der Waals surface area (Å²) < 4.78 is 9.64. The molecule has 0 aromatic rings. The minimum Gasteiger partial charge on any atom is -0.352 e. The summed E-state index contributed by atoms with van der Waals surface area (Å²) in [5.41, 5.74) is 8.50. The van der Waals surface area contributed by atoms with Crippen molar-refractivity contribution in [2.75, 3.05) is 0 Å². The maximum absolute atomic E-state index is 9.64. The van der Waals surface area contributed by atoms with Crippen LogP contribution < -0.4 is 11.5 Å². The second-order valence-electron chi connectivity index (χ2n) is 0.402. The zero-order valence-corrected chi connectivity index (χ0v) is 5.44. The van der Waals surface area contributed by atoms with Gasteiger partial charge < -0.3 is 15.6 Å². The zero-order chi connectivity index (χ0) is 5.58. The highest BCUT2D eigenvalue weighted by Gasteiger charge is 1.60. The number of nitrogens with two attached hydrogens (primary N) is 2. The molecule has 0 radical (unpaired) electrons. The molecule has 4 N–H and O–H groups in total. The Morgan fingerprint density at radius 2 is 1.50 bits per heavy atom. The summed E-state index contributed by atoms with van der Waals surface area (Å²) in [6.07, 6.45) is 0. The van der Waals surface area contributed by atoms with Crippen LogP contribution in [0.25, 0.3) is 0 Å². The fourth-order valence-electron chi connectivity index (χ4n) is 0. The van der Waals surface area contributed by atoms with E-state index < -0.39 is 6.03 Å². The maximum atomic E-state index is 9.64. The van der Waals surface area contributed by atoms with Crippen LogP contribution in [0.5, 0.6) is 0 Å². The van der Waals surface area contributed by atoms with Crippen LogP contribution in [-0.4, -0.2) is 16.6 Å². The molecular formula is CH7FN2OSi. The molecule has 0 atom stereocenters. The summed E-state index contributed by atoms with van der Waals surface area (Å²) in [5, 5.41) is 0. The fourth-order valence-corrected chi connectivity index (χ4v) is 0. The van der Waals surface area contributed by atoms with Gasteiger partial charge in [0.25, 0.3) is 0 Å². The lowest BCUT2D eigenvalue weighted by molar-refractivity contribution is 0.256. The number of urea groups is 1. The van der Waals surface area contributed by atoms with Crippen molar-refractivity contribution in [2.24, 2.45) is 11.5 Å². The Labute approximate surface area is 38.1 Å². The smallest absolute Gasteiger partial charge is 0.309 e. The van der Waals surface area contributed by atoms with E-state index in [4.69, 9.17) is 4.79 Å². The van der Waals surface area contributed by atoms with Crippen LogP contribution in [0, 0.1) is 0 Å². The van der Waals surface area contributed by atoms with Gasteiger partial charge in [0, 0.05) is 0 Å². The van der Waals surface area contributed by atoms with Crippen molar-refractivity contribution in [3.05, 3.63) is 0 Å². The average molecular weight is 110 g/mol. The van der Waals surface area contributed by atoms with E-state index in [9.17, 15) is 4.11 Å². The first kappa shape index (κ1) is 9.05. The first-order valence-corrected chi connectivity index (χ1v) is 1.92. The molecule has 3 nitrogen and oxygen atoms in total. The first-order valence-electron chi connectivity index (χ1n) is 1.16. The first-order chi connectivity index (χ1) is 2.73. The Balaban J connectivity index is 0. The molecule has 0 aromatic heterocycles. The summed E-state index contributed by atoms with van der Waals surface area (Å²) in [6.45, 7) is 0. The Hall–Kier alpha value is -0.583. The number of carbonyl (C=O) groups is 1. The van der Waals surface area contributed by atoms with Crippen LogP contribution in [0.4, 0.5) is 8.90 Å². The number of rotatable bonds is 0. The number of hydrogen-bond acceptors (Lipinski definition) is 1. The SMILES string of the molecule is F[SiH3].NC(N)=O. The molecule has 0 aromatic carbocycles. The van der Waals surface area contributed by atoms with Gasteiger partial charge in [0.05, 0.1) is 0 Å². The Bertz CT molecular complexity index is 36.5. The molecule has 0 heterocycles. The molecule has 0 aliphatic carbocycles. The van der Waals surface area contributed by atoms with Gasteiger partial charge in [0.2, 0.25) is 10.6 Å². The van der Waals surface area contributed by atoms with Gasteiger partial charge in [-0.2, -0.15) is 0 Å². The van der Waals surface area contributed by atoms with E-state index in [0.29, 0.717) is 0 Å². The van der Waals surface area contributed by atoms with Crippen molar-refractivity contribution in [1.29, 1.82) is 0 Å². The second kappa shape index (κ2) is 8.83. The van der Waals surface area contributed by atoms with E-state index in [0.717, 1.165) is 0 Å². The highest BCUT2D eigenvalue weighted by molar-refractivity contribution is 5.96. The minimum atomic E-state index is -0.833. The zero-order valence-electron chi connectivity index (χ0n) is 3.44. The van der Waals surface area contributed by atoms with E-state index in [1.807, 2.05) is 0 Å². The maximum Gasteiger partial charge on any atom is 0.309 e. The van der Waals surface area contributed by atoms with Gasteiger partial charge in [-0.15, -0.1) is 0 Å². The van der Waals surface area contributed by atoms with Crippen molar-refractivity contribution in [1.82, 2.24) is 0 Å². The molecule has 0 spiro atoms. The molecule has 6 heavy (non-hydrogen) atoms. The van der Waals surface area contributed by atoms with E-state index in [1.54, 1.807) is 0 Å². The van der Waals surface area contributed by atoms with Gasteiger partial charge >= 0.3 is 6.03 Å². The van der Waals surface area contributed by atoms with Crippen molar-refractivity contribution < 1.29 is 8.90 Å². The molecule has 5 heteroatoms. The van der Waals surface area contributed by atoms with Gasteiger partial charge in [0.15, 0.2) is 0 Å². The Kier molecular flexibility index (Phi) is 13.3. The van der Waals surface area contributed by atoms with Crippen LogP contribution in [0.2, 0.25) is 0 Å². The number of halogens is 1. The normalized spacial score (nSPS) is 5.50. The van der Waals surface area contributed by atoms with Crippen molar-refractivity contribution in [3.8, 4) is 0 Å². The molecular weight excluding hydrogens is 103 g/mol. The van der Waals surface area contributed by atoms with E-state index in [1.165, 1.54) is 0 Å². The minimum absolute atomic E-state index is 0.194. The predicted octanol–water partition coefficient (Wildman–Crippen LogP) is -1.74. The summed E-state index contributed by atoms with van der Waals surface area (Å²) in [6, 6.07) is -0.833. The fraction of sp³-hybridized carbons (Fsp3) is 0. The molecule has 2 amide bonds. The molecule has 38 valence electrons. The van der Waals surface area contributed by atoms with E-state index in [-0.39, 0.29) is 10.6 Å². The number of amides is 2. The quantitative estimate of drug-likeness (QED) is 0.282. The van der Waals surface area contributed by atoms with E-state index >= 15 is 0 Å². The van der Waals surface area contributed by atoms with Gasteiger partial charge in [-0.3, -0.25) is 0 Å². The molecule has 0 unspecified atom stereocenters. The molecule has 0 saturated carbocycles. The molecule has 0 rings (SSSR count). The van der Waals surface area contributed by atoms with Crippen LogP contribution in [0.3, 0.4) is 0 Å². The monoisotopic (exact) mass is 110 g/mol. The molecule has 0 aliphatic rings. The van der Waals surface area contributed by atoms with Crippen LogP contribution in [0.15, 0.2) is 0 Å². The molecule has 0 saturated heterocycles. The third-order valence-corrected chi connectivity index (χ3v) is 0. The predicted molar refractivity (Wildman–Crippen MR) is 24.8 cm³/mol. The largest absolute Gasteiger partial charge is 0.352 e. The second-order valence-corrected chi connectivity index (χ2v) is 0.402. The van der Waals surface area contributed by atoms with Crippen LogP contribution in [0.1, 0.15) is 0 Å².